The first-order valence-electron chi connectivity index (χ1n) is 5.87. The van der Waals surface area contributed by atoms with Gasteiger partial charge in [-0.2, -0.15) is 0 Å². The first-order chi connectivity index (χ1) is 7.63. The average Bonchev–Trinajstić information content (AvgIpc) is 2.15. The standard InChI is InChI=1S/C12H18ClN3/c1-8-3-9(2)5-10(4-8)16-12-6-11(13)14-7-15-12/h6-10H,3-5H2,1-2H3,(H,14,15,16). The fourth-order valence-corrected chi connectivity index (χ4v) is 2.83. The van der Waals surface area contributed by atoms with E-state index >= 15 is 0 Å². The van der Waals surface area contributed by atoms with Crippen LogP contribution in [0.15, 0.2) is 12.4 Å². The number of rotatable bonds is 2. The third kappa shape index (κ3) is 3.08. The van der Waals surface area contributed by atoms with Gasteiger partial charge in [0, 0.05) is 12.1 Å². The van der Waals surface area contributed by atoms with Crippen molar-refractivity contribution in [2.24, 2.45) is 11.8 Å². The first-order valence-corrected chi connectivity index (χ1v) is 6.25. The SMILES string of the molecule is CC1CC(C)CC(Nc2cc(Cl)ncn2)C1. The molecular formula is C12H18ClN3. The van der Waals surface area contributed by atoms with Crippen LogP contribution >= 0.6 is 11.6 Å². The summed E-state index contributed by atoms with van der Waals surface area (Å²) in [5.74, 6) is 2.42. The molecule has 0 aromatic carbocycles. The molecule has 0 aliphatic heterocycles. The molecule has 88 valence electrons. The van der Waals surface area contributed by atoms with Crippen molar-refractivity contribution in [2.75, 3.05) is 5.32 Å². The van der Waals surface area contributed by atoms with Gasteiger partial charge in [0.05, 0.1) is 0 Å². The molecular weight excluding hydrogens is 222 g/mol. The molecule has 0 spiro atoms. The van der Waals surface area contributed by atoms with Gasteiger partial charge in [-0.25, -0.2) is 9.97 Å². The van der Waals surface area contributed by atoms with E-state index in [0.717, 1.165) is 17.7 Å². The van der Waals surface area contributed by atoms with Crippen molar-refractivity contribution >= 4 is 17.4 Å². The number of nitrogens with zero attached hydrogens (tertiary/aromatic N) is 2. The van der Waals surface area contributed by atoms with Crippen LogP contribution in [-0.4, -0.2) is 16.0 Å². The highest BCUT2D eigenvalue weighted by Crippen LogP contribution is 2.30. The van der Waals surface area contributed by atoms with E-state index < -0.39 is 0 Å². The van der Waals surface area contributed by atoms with Crippen LogP contribution in [0.25, 0.3) is 0 Å². The number of hydrogen-bond donors (Lipinski definition) is 1. The minimum Gasteiger partial charge on any atom is -0.367 e. The molecule has 0 saturated heterocycles. The smallest absolute Gasteiger partial charge is 0.134 e. The Morgan fingerprint density at radius 2 is 1.88 bits per heavy atom. The van der Waals surface area contributed by atoms with Gasteiger partial charge in [-0.05, 0) is 31.1 Å². The van der Waals surface area contributed by atoms with E-state index in [4.69, 9.17) is 11.6 Å². The van der Waals surface area contributed by atoms with Gasteiger partial charge in [-0.1, -0.05) is 25.4 Å². The van der Waals surface area contributed by atoms with Crippen molar-refractivity contribution in [3.05, 3.63) is 17.5 Å². The highest BCUT2D eigenvalue weighted by Gasteiger charge is 2.23. The average molecular weight is 240 g/mol. The maximum Gasteiger partial charge on any atom is 0.134 e. The van der Waals surface area contributed by atoms with Crippen LogP contribution in [0.4, 0.5) is 5.82 Å². The van der Waals surface area contributed by atoms with Crippen molar-refractivity contribution in [3.63, 3.8) is 0 Å². The van der Waals surface area contributed by atoms with Crippen molar-refractivity contribution in [3.8, 4) is 0 Å². The molecule has 1 heterocycles. The van der Waals surface area contributed by atoms with Gasteiger partial charge in [0.15, 0.2) is 0 Å². The second-order valence-corrected chi connectivity index (χ2v) is 5.37. The fraction of sp³-hybridized carbons (Fsp3) is 0.667. The maximum atomic E-state index is 5.83. The zero-order valence-electron chi connectivity index (χ0n) is 9.78. The van der Waals surface area contributed by atoms with Gasteiger partial charge in [0.1, 0.15) is 17.3 Å². The number of halogens is 1. The lowest BCUT2D eigenvalue weighted by Gasteiger charge is -2.32. The molecule has 1 saturated carbocycles. The Balaban J connectivity index is 1.98. The normalized spacial score (nSPS) is 30.1. The zero-order chi connectivity index (χ0) is 11.5. The lowest BCUT2D eigenvalue weighted by atomic mass is 9.80. The molecule has 1 aliphatic carbocycles. The molecule has 2 atom stereocenters. The van der Waals surface area contributed by atoms with Gasteiger partial charge in [0.2, 0.25) is 0 Å². The summed E-state index contributed by atoms with van der Waals surface area (Å²) in [6.07, 6.45) is 5.26. The van der Waals surface area contributed by atoms with E-state index in [2.05, 4.69) is 29.1 Å². The van der Waals surface area contributed by atoms with Crippen LogP contribution < -0.4 is 5.32 Å². The molecule has 1 aliphatic rings. The number of nitrogens with one attached hydrogen (secondary N) is 1. The molecule has 1 aromatic rings. The largest absolute Gasteiger partial charge is 0.367 e. The quantitative estimate of drug-likeness (QED) is 0.805. The van der Waals surface area contributed by atoms with E-state index in [1.54, 1.807) is 6.07 Å². The molecule has 0 bridgehead atoms. The van der Waals surface area contributed by atoms with Gasteiger partial charge < -0.3 is 5.32 Å². The lowest BCUT2D eigenvalue weighted by Crippen LogP contribution is -2.30. The van der Waals surface area contributed by atoms with Crippen molar-refractivity contribution in [1.29, 1.82) is 0 Å². The first kappa shape index (κ1) is 11.6. The summed E-state index contributed by atoms with van der Waals surface area (Å²) in [5, 5.41) is 3.94. The Morgan fingerprint density at radius 1 is 1.19 bits per heavy atom. The Morgan fingerprint density at radius 3 is 2.50 bits per heavy atom. The van der Waals surface area contributed by atoms with Crippen molar-refractivity contribution in [2.45, 2.75) is 39.2 Å². The Kier molecular flexibility index (Phi) is 3.64. The second kappa shape index (κ2) is 5.00. The predicted octanol–water partition coefficient (Wildman–Crippen LogP) is 3.37. The topological polar surface area (TPSA) is 37.8 Å². The third-order valence-electron chi connectivity index (χ3n) is 3.16. The van der Waals surface area contributed by atoms with E-state index in [9.17, 15) is 0 Å². The molecule has 1 fully saturated rings. The Hall–Kier alpha value is -0.830. The van der Waals surface area contributed by atoms with Crippen LogP contribution in [0.3, 0.4) is 0 Å². The third-order valence-corrected chi connectivity index (χ3v) is 3.37. The molecule has 0 radical (unpaired) electrons. The molecule has 4 heteroatoms. The van der Waals surface area contributed by atoms with Crippen molar-refractivity contribution in [1.82, 2.24) is 9.97 Å². The molecule has 1 N–H and O–H groups in total. The van der Waals surface area contributed by atoms with Crippen LogP contribution in [0, 0.1) is 11.8 Å². The Bertz CT molecular complexity index is 346. The predicted molar refractivity (Wildman–Crippen MR) is 66.6 cm³/mol. The minimum absolute atomic E-state index is 0.495. The highest BCUT2D eigenvalue weighted by atomic mass is 35.5. The zero-order valence-corrected chi connectivity index (χ0v) is 10.5. The van der Waals surface area contributed by atoms with Crippen LogP contribution in [0.1, 0.15) is 33.1 Å². The fourth-order valence-electron chi connectivity index (χ4n) is 2.69. The molecule has 1 aromatic heterocycles. The lowest BCUT2D eigenvalue weighted by molar-refractivity contribution is 0.280. The van der Waals surface area contributed by atoms with E-state index in [0.29, 0.717) is 11.2 Å². The highest BCUT2D eigenvalue weighted by molar-refractivity contribution is 6.29. The summed E-state index contributed by atoms with van der Waals surface area (Å²) in [4.78, 5) is 8.05. The van der Waals surface area contributed by atoms with Crippen LogP contribution in [-0.2, 0) is 0 Å². The summed E-state index contributed by atoms with van der Waals surface area (Å²) in [6.45, 7) is 4.63. The summed E-state index contributed by atoms with van der Waals surface area (Å²) < 4.78 is 0. The van der Waals surface area contributed by atoms with Gasteiger partial charge in [0.25, 0.3) is 0 Å². The van der Waals surface area contributed by atoms with Gasteiger partial charge in [-0.15, -0.1) is 0 Å². The van der Waals surface area contributed by atoms with Crippen molar-refractivity contribution < 1.29 is 0 Å². The molecule has 2 unspecified atom stereocenters. The van der Waals surface area contributed by atoms with Gasteiger partial charge in [-0.3, -0.25) is 0 Å². The van der Waals surface area contributed by atoms with E-state index in [-0.39, 0.29) is 0 Å². The monoisotopic (exact) mass is 239 g/mol. The Labute approximate surface area is 102 Å². The number of anilines is 1. The summed E-state index contributed by atoms with van der Waals surface area (Å²) in [6, 6.07) is 2.30. The molecule has 2 rings (SSSR count). The number of hydrogen-bond acceptors (Lipinski definition) is 3. The van der Waals surface area contributed by atoms with Crippen LogP contribution in [0.2, 0.25) is 5.15 Å². The van der Waals surface area contributed by atoms with E-state index in [1.807, 2.05) is 0 Å². The summed E-state index contributed by atoms with van der Waals surface area (Å²) in [7, 11) is 0. The second-order valence-electron chi connectivity index (χ2n) is 4.98. The maximum absolute atomic E-state index is 5.83. The summed E-state index contributed by atoms with van der Waals surface area (Å²) >= 11 is 5.83. The van der Waals surface area contributed by atoms with Gasteiger partial charge >= 0.3 is 0 Å². The summed E-state index contributed by atoms with van der Waals surface area (Å²) in [5.41, 5.74) is 0. The molecule has 0 amide bonds. The minimum atomic E-state index is 0.495. The van der Waals surface area contributed by atoms with E-state index in [1.165, 1.54) is 25.6 Å². The number of aromatic nitrogens is 2. The molecule has 16 heavy (non-hydrogen) atoms. The molecule has 3 nitrogen and oxygen atoms in total. The van der Waals surface area contributed by atoms with Crippen LogP contribution in [0.5, 0.6) is 0 Å².